The van der Waals surface area contributed by atoms with E-state index in [1.54, 1.807) is 0 Å². The summed E-state index contributed by atoms with van der Waals surface area (Å²) in [5.41, 5.74) is 0. The maximum absolute atomic E-state index is 10.6. The predicted octanol–water partition coefficient (Wildman–Crippen LogP) is 0.393. The molecule has 0 aromatic carbocycles. The highest BCUT2D eigenvalue weighted by Gasteiger charge is 2.22. The number of hydrogen-bond donors (Lipinski definition) is 0. The largest absolute Gasteiger partial charge is 0.297 e. The molecule has 0 spiro atoms. The lowest BCUT2D eigenvalue weighted by Gasteiger charge is -1.83. The van der Waals surface area contributed by atoms with Crippen LogP contribution in [0, 0.1) is 0 Å². The monoisotopic (exact) mass is 282 g/mol. The average molecular weight is 283 g/mol. The second-order valence-corrected chi connectivity index (χ2v) is 7.67. The fraction of sp³-hybridized carbons (Fsp3) is 0. The smallest absolute Gasteiger partial charge is 0.204 e. The van der Waals surface area contributed by atoms with Gasteiger partial charge in [-0.3, -0.25) is 0 Å². The van der Waals surface area contributed by atoms with E-state index in [0.717, 1.165) is 0 Å². The summed E-state index contributed by atoms with van der Waals surface area (Å²) in [5.74, 6) is 0. The molecular formula is C2Cl2N2O4S3. The van der Waals surface area contributed by atoms with Gasteiger partial charge < -0.3 is 0 Å². The van der Waals surface area contributed by atoms with Crippen molar-refractivity contribution in [3.8, 4) is 0 Å². The van der Waals surface area contributed by atoms with Crippen LogP contribution in [0.5, 0.6) is 0 Å². The quantitative estimate of drug-likeness (QED) is 0.729. The molecule has 0 saturated heterocycles. The third-order valence-electron chi connectivity index (χ3n) is 0.815. The van der Waals surface area contributed by atoms with Crippen molar-refractivity contribution in [1.29, 1.82) is 0 Å². The summed E-state index contributed by atoms with van der Waals surface area (Å²) in [7, 11) is 1.55. The number of nitrogens with zero attached hydrogens (tertiary/aromatic N) is 2. The SMILES string of the molecule is O=S(=O)(Cl)c1nsc(S(=O)(=O)Cl)n1. The van der Waals surface area contributed by atoms with E-state index in [-0.39, 0.29) is 0 Å². The molecule has 13 heavy (non-hydrogen) atoms. The van der Waals surface area contributed by atoms with Crippen molar-refractivity contribution >= 4 is 51.0 Å². The minimum Gasteiger partial charge on any atom is -0.204 e. The predicted molar refractivity (Wildman–Crippen MR) is 46.0 cm³/mol. The van der Waals surface area contributed by atoms with Gasteiger partial charge in [0.15, 0.2) is 0 Å². The van der Waals surface area contributed by atoms with Crippen LogP contribution in [-0.2, 0) is 18.1 Å². The Bertz CT molecular complexity index is 469. The molecule has 6 nitrogen and oxygen atoms in total. The zero-order chi connectivity index (χ0) is 10.3. The Morgan fingerprint density at radius 3 is 1.85 bits per heavy atom. The van der Waals surface area contributed by atoms with Crippen LogP contribution < -0.4 is 0 Å². The van der Waals surface area contributed by atoms with E-state index in [1.807, 2.05) is 0 Å². The van der Waals surface area contributed by atoms with E-state index in [2.05, 4.69) is 9.36 Å². The molecule has 0 aliphatic heterocycles. The standard InChI is InChI=1S/C2Cl2N2O4S3/c3-12(7,8)1-5-2(11-6-1)13(4,9)10. The van der Waals surface area contributed by atoms with Gasteiger partial charge in [-0.2, -0.15) is 9.36 Å². The van der Waals surface area contributed by atoms with E-state index in [4.69, 9.17) is 21.4 Å². The number of rotatable bonds is 2. The summed E-state index contributed by atoms with van der Waals surface area (Å²) >= 11 is 0.339. The highest BCUT2D eigenvalue weighted by Crippen LogP contribution is 2.20. The summed E-state index contributed by atoms with van der Waals surface area (Å²) in [6.45, 7) is 0. The highest BCUT2D eigenvalue weighted by molar-refractivity contribution is 8.15. The Balaban J connectivity index is 3.32. The van der Waals surface area contributed by atoms with Crippen molar-refractivity contribution in [2.75, 3.05) is 0 Å². The maximum Gasteiger partial charge on any atom is 0.297 e. The van der Waals surface area contributed by atoms with Gasteiger partial charge in [0, 0.05) is 32.9 Å². The fourth-order valence-corrected chi connectivity index (χ4v) is 2.88. The molecule has 0 saturated carbocycles. The van der Waals surface area contributed by atoms with Crippen LogP contribution in [0.15, 0.2) is 9.50 Å². The van der Waals surface area contributed by atoms with Crippen LogP contribution in [0.1, 0.15) is 0 Å². The molecule has 1 rings (SSSR count). The second kappa shape index (κ2) is 3.31. The third-order valence-corrected chi connectivity index (χ3v) is 4.58. The normalized spacial score (nSPS) is 13.1. The first kappa shape index (κ1) is 11.1. The Kier molecular flexibility index (Phi) is 2.83. The van der Waals surface area contributed by atoms with Gasteiger partial charge >= 0.3 is 0 Å². The van der Waals surface area contributed by atoms with E-state index in [0.29, 0.717) is 11.5 Å². The summed E-state index contributed by atoms with van der Waals surface area (Å²) in [4.78, 5) is 3.12. The van der Waals surface area contributed by atoms with E-state index >= 15 is 0 Å². The zero-order valence-corrected chi connectivity index (χ0v) is 9.47. The van der Waals surface area contributed by atoms with Gasteiger partial charge in [0.05, 0.1) is 0 Å². The molecule has 0 aliphatic carbocycles. The van der Waals surface area contributed by atoms with Gasteiger partial charge in [0.1, 0.15) is 0 Å². The molecule has 0 unspecified atom stereocenters. The summed E-state index contributed by atoms with van der Waals surface area (Å²) in [6.07, 6.45) is 0. The van der Waals surface area contributed by atoms with Gasteiger partial charge in [-0.1, -0.05) is 0 Å². The summed E-state index contributed by atoms with van der Waals surface area (Å²) < 4.78 is 45.0. The number of aromatic nitrogens is 2. The van der Waals surface area contributed by atoms with Crippen molar-refractivity contribution < 1.29 is 16.8 Å². The van der Waals surface area contributed by atoms with Crippen molar-refractivity contribution in [3.05, 3.63) is 0 Å². The van der Waals surface area contributed by atoms with Crippen molar-refractivity contribution in [2.24, 2.45) is 0 Å². The highest BCUT2D eigenvalue weighted by atomic mass is 35.7. The number of hydrogen-bond acceptors (Lipinski definition) is 7. The van der Waals surface area contributed by atoms with Crippen LogP contribution in [0.25, 0.3) is 0 Å². The molecule has 0 amide bonds. The summed E-state index contributed by atoms with van der Waals surface area (Å²) in [5, 5.41) is -0.765. The molecule has 1 aromatic heterocycles. The van der Waals surface area contributed by atoms with Crippen LogP contribution in [0.3, 0.4) is 0 Å². The van der Waals surface area contributed by atoms with Crippen LogP contribution in [0.4, 0.5) is 0 Å². The van der Waals surface area contributed by atoms with Crippen LogP contribution in [-0.4, -0.2) is 26.2 Å². The summed E-state index contributed by atoms with van der Waals surface area (Å²) in [6, 6.07) is 0. The topological polar surface area (TPSA) is 94.1 Å². The Morgan fingerprint density at radius 2 is 1.62 bits per heavy atom. The molecule has 1 aromatic rings. The van der Waals surface area contributed by atoms with E-state index < -0.39 is 27.6 Å². The van der Waals surface area contributed by atoms with Gasteiger partial charge in [0.25, 0.3) is 23.3 Å². The molecule has 74 valence electrons. The number of halogens is 2. The van der Waals surface area contributed by atoms with Crippen LogP contribution in [0.2, 0.25) is 0 Å². The maximum atomic E-state index is 10.6. The minimum atomic E-state index is -4.10. The Morgan fingerprint density at radius 1 is 1.08 bits per heavy atom. The van der Waals surface area contributed by atoms with E-state index in [1.165, 1.54) is 0 Å². The second-order valence-electron chi connectivity index (χ2n) is 1.72. The molecule has 0 atom stereocenters. The third kappa shape index (κ3) is 2.74. The van der Waals surface area contributed by atoms with E-state index in [9.17, 15) is 16.8 Å². The first-order valence-electron chi connectivity index (χ1n) is 2.44. The molecule has 0 bridgehead atoms. The van der Waals surface area contributed by atoms with Crippen molar-refractivity contribution in [1.82, 2.24) is 9.36 Å². The zero-order valence-electron chi connectivity index (χ0n) is 5.51. The van der Waals surface area contributed by atoms with Gasteiger partial charge in [-0.25, -0.2) is 16.8 Å². The van der Waals surface area contributed by atoms with Crippen molar-refractivity contribution in [3.63, 3.8) is 0 Å². The molecule has 0 N–H and O–H groups in total. The lowest BCUT2D eigenvalue weighted by molar-refractivity contribution is 0.600. The van der Waals surface area contributed by atoms with Gasteiger partial charge in [-0.15, -0.1) is 0 Å². The molecular weight excluding hydrogens is 283 g/mol. The average Bonchev–Trinajstić information content (AvgIpc) is 2.28. The fourth-order valence-electron chi connectivity index (χ4n) is 0.395. The minimum absolute atomic E-state index is 0.339. The lowest BCUT2D eigenvalue weighted by atomic mass is 11.3. The molecule has 11 heteroatoms. The van der Waals surface area contributed by atoms with Gasteiger partial charge in [-0.05, 0) is 0 Å². The van der Waals surface area contributed by atoms with Crippen LogP contribution >= 0.6 is 32.9 Å². The Labute approximate surface area is 86.5 Å². The lowest BCUT2D eigenvalue weighted by Crippen LogP contribution is -1.95. The molecule has 0 aliphatic rings. The first-order valence-corrected chi connectivity index (χ1v) is 7.83. The molecule has 0 radical (unpaired) electrons. The van der Waals surface area contributed by atoms with Crippen molar-refractivity contribution in [2.45, 2.75) is 9.50 Å². The molecule has 1 heterocycles. The molecule has 0 fully saturated rings. The first-order chi connectivity index (χ1) is 5.71. The van der Waals surface area contributed by atoms with Gasteiger partial charge in [0.2, 0.25) is 4.34 Å². The Hall–Kier alpha value is 0.0400.